The average molecular weight is 380 g/mol. The van der Waals surface area contributed by atoms with Crippen molar-refractivity contribution < 1.29 is 9.59 Å². The third kappa shape index (κ3) is 4.08. The first-order valence-corrected chi connectivity index (χ1v) is 10.0. The number of rotatable bonds is 6. The molecule has 1 aromatic carbocycles. The Morgan fingerprint density at radius 3 is 2.54 bits per heavy atom. The van der Waals surface area contributed by atoms with Crippen molar-refractivity contribution in [3.05, 3.63) is 65.0 Å². The first kappa shape index (κ1) is 20.1. The molecule has 3 rings (SSSR count). The molecule has 1 aliphatic carbocycles. The third-order valence-corrected chi connectivity index (χ3v) is 6.12. The molecule has 0 spiro atoms. The molecular formula is C23H29N3O2. The maximum atomic E-state index is 12.9. The molecule has 148 valence electrons. The highest BCUT2D eigenvalue weighted by Gasteiger charge is 2.36. The first-order chi connectivity index (χ1) is 13.4. The molecule has 1 aromatic heterocycles. The Hall–Kier alpha value is -2.69. The lowest BCUT2D eigenvalue weighted by molar-refractivity contribution is -0.122. The topological polar surface area (TPSA) is 85.1 Å². The van der Waals surface area contributed by atoms with E-state index in [0.29, 0.717) is 12.1 Å². The van der Waals surface area contributed by atoms with Crippen LogP contribution in [0.1, 0.15) is 72.1 Å². The third-order valence-electron chi connectivity index (χ3n) is 6.12. The van der Waals surface area contributed by atoms with Gasteiger partial charge < -0.3 is 11.1 Å². The smallest absolute Gasteiger partial charge is 0.248 e. The molecule has 1 fully saturated rings. The molecule has 1 atom stereocenters. The number of benzene rings is 1. The van der Waals surface area contributed by atoms with Crippen molar-refractivity contribution in [2.75, 3.05) is 6.54 Å². The Morgan fingerprint density at radius 2 is 1.89 bits per heavy atom. The fourth-order valence-electron chi connectivity index (χ4n) is 4.37. The van der Waals surface area contributed by atoms with Gasteiger partial charge in [-0.05, 0) is 56.0 Å². The van der Waals surface area contributed by atoms with Crippen LogP contribution in [0.3, 0.4) is 0 Å². The van der Waals surface area contributed by atoms with Crippen LogP contribution in [-0.2, 0) is 10.2 Å². The molecule has 0 bridgehead atoms. The number of nitrogens with zero attached hydrogens (tertiary/aromatic N) is 1. The highest BCUT2D eigenvalue weighted by Crippen LogP contribution is 2.38. The van der Waals surface area contributed by atoms with Crippen molar-refractivity contribution in [3.8, 4) is 0 Å². The SMILES string of the molecule is Cc1c(C(N)=O)cccc1C(C)C(=O)NCC1(c2ccccn2)CCCCC1. The number of carbonyl (C=O) groups excluding carboxylic acids is 2. The van der Waals surface area contributed by atoms with E-state index in [1.807, 2.05) is 38.2 Å². The number of primary amides is 1. The molecule has 1 unspecified atom stereocenters. The summed E-state index contributed by atoms with van der Waals surface area (Å²) in [6, 6.07) is 11.4. The molecule has 5 heteroatoms. The molecule has 0 saturated heterocycles. The van der Waals surface area contributed by atoms with Gasteiger partial charge in [0.25, 0.3) is 0 Å². The van der Waals surface area contributed by atoms with E-state index in [9.17, 15) is 9.59 Å². The molecule has 0 radical (unpaired) electrons. The van der Waals surface area contributed by atoms with Crippen LogP contribution in [0, 0.1) is 6.92 Å². The Kier molecular flexibility index (Phi) is 6.12. The molecule has 1 heterocycles. The molecule has 1 aliphatic rings. The summed E-state index contributed by atoms with van der Waals surface area (Å²) < 4.78 is 0. The van der Waals surface area contributed by atoms with Gasteiger partial charge in [-0.3, -0.25) is 14.6 Å². The molecule has 5 nitrogen and oxygen atoms in total. The zero-order valence-corrected chi connectivity index (χ0v) is 16.7. The van der Waals surface area contributed by atoms with Crippen LogP contribution in [0.15, 0.2) is 42.6 Å². The van der Waals surface area contributed by atoms with Gasteiger partial charge in [-0.1, -0.05) is 37.5 Å². The lowest BCUT2D eigenvalue weighted by Gasteiger charge is -2.37. The minimum absolute atomic E-state index is 0.0365. The van der Waals surface area contributed by atoms with Gasteiger partial charge in [0.15, 0.2) is 0 Å². The fraction of sp³-hybridized carbons (Fsp3) is 0.435. The Balaban J connectivity index is 1.77. The van der Waals surface area contributed by atoms with Gasteiger partial charge in [-0.2, -0.15) is 0 Å². The second-order valence-corrected chi connectivity index (χ2v) is 7.88. The summed E-state index contributed by atoms with van der Waals surface area (Å²) in [5.74, 6) is -0.863. The van der Waals surface area contributed by atoms with Gasteiger partial charge in [0.1, 0.15) is 0 Å². The van der Waals surface area contributed by atoms with Gasteiger partial charge in [-0.25, -0.2) is 0 Å². The Morgan fingerprint density at radius 1 is 1.14 bits per heavy atom. The van der Waals surface area contributed by atoms with Crippen molar-refractivity contribution in [2.45, 2.75) is 57.3 Å². The summed E-state index contributed by atoms with van der Waals surface area (Å²) in [4.78, 5) is 29.2. The van der Waals surface area contributed by atoms with E-state index < -0.39 is 5.91 Å². The van der Waals surface area contributed by atoms with E-state index in [4.69, 9.17) is 5.73 Å². The maximum Gasteiger partial charge on any atom is 0.248 e. The number of aromatic nitrogens is 1. The van der Waals surface area contributed by atoms with Crippen molar-refractivity contribution >= 4 is 11.8 Å². The fourth-order valence-corrected chi connectivity index (χ4v) is 4.37. The largest absolute Gasteiger partial charge is 0.366 e. The zero-order valence-electron chi connectivity index (χ0n) is 16.7. The highest BCUT2D eigenvalue weighted by molar-refractivity contribution is 5.95. The van der Waals surface area contributed by atoms with Gasteiger partial charge >= 0.3 is 0 Å². The van der Waals surface area contributed by atoms with Crippen LogP contribution >= 0.6 is 0 Å². The lowest BCUT2D eigenvalue weighted by Crippen LogP contribution is -2.44. The van der Waals surface area contributed by atoms with E-state index in [1.54, 1.807) is 12.1 Å². The minimum Gasteiger partial charge on any atom is -0.366 e. The van der Waals surface area contributed by atoms with Gasteiger partial charge in [0, 0.05) is 29.4 Å². The second-order valence-electron chi connectivity index (χ2n) is 7.88. The maximum absolute atomic E-state index is 12.9. The Labute approximate surface area is 166 Å². The number of nitrogens with one attached hydrogen (secondary N) is 1. The quantitative estimate of drug-likeness (QED) is 0.804. The van der Waals surface area contributed by atoms with E-state index in [2.05, 4.69) is 16.4 Å². The number of hydrogen-bond acceptors (Lipinski definition) is 3. The van der Waals surface area contributed by atoms with Gasteiger partial charge in [0.2, 0.25) is 11.8 Å². The summed E-state index contributed by atoms with van der Waals surface area (Å²) in [7, 11) is 0. The molecule has 1 saturated carbocycles. The number of pyridine rings is 1. The summed E-state index contributed by atoms with van der Waals surface area (Å²) in [6.07, 6.45) is 7.44. The van der Waals surface area contributed by atoms with Crippen molar-refractivity contribution in [1.29, 1.82) is 0 Å². The zero-order chi connectivity index (χ0) is 20.1. The van der Waals surface area contributed by atoms with E-state index in [1.165, 1.54) is 6.42 Å². The van der Waals surface area contributed by atoms with Crippen molar-refractivity contribution in [2.24, 2.45) is 5.73 Å². The summed E-state index contributed by atoms with van der Waals surface area (Å²) in [5, 5.41) is 3.17. The standard InChI is InChI=1S/C23H29N3O2/c1-16-18(9-8-10-19(16)21(24)27)17(2)22(28)26-15-23(12-5-3-6-13-23)20-11-4-7-14-25-20/h4,7-11,14,17H,3,5-6,12-13,15H2,1-2H3,(H2,24,27)(H,26,28). The van der Waals surface area contributed by atoms with Crippen LogP contribution in [-0.4, -0.2) is 23.3 Å². The predicted octanol–water partition coefficient (Wildman–Crippen LogP) is 3.61. The predicted molar refractivity (Wildman–Crippen MR) is 110 cm³/mol. The molecule has 3 N–H and O–H groups in total. The van der Waals surface area contributed by atoms with E-state index in [0.717, 1.165) is 42.5 Å². The normalized spacial score (nSPS) is 16.9. The lowest BCUT2D eigenvalue weighted by atomic mass is 9.71. The van der Waals surface area contributed by atoms with Crippen molar-refractivity contribution in [3.63, 3.8) is 0 Å². The van der Waals surface area contributed by atoms with Gasteiger partial charge in [0.05, 0.1) is 5.92 Å². The summed E-state index contributed by atoms with van der Waals surface area (Å²) >= 11 is 0. The highest BCUT2D eigenvalue weighted by atomic mass is 16.2. The minimum atomic E-state index is -0.469. The molecule has 0 aliphatic heterocycles. The number of carbonyl (C=O) groups is 2. The molecular weight excluding hydrogens is 350 g/mol. The van der Waals surface area contributed by atoms with Crippen LogP contribution < -0.4 is 11.1 Å². The molecule has 2 aromatic rings. The second kappa shape index (κ2) is 8.55. The van der Waals surface area contributed by atoms with Crippen LogP contribution in [0.25, 0.3) is 0 Å². The van der Waals surface area contributed by atoms with Crippen LogP contribution in [0.5, 0.6) is 0 Å². The molecule has 2 amide bonds. The average Bonchev–Trinajstić information content (AvgIpc) is 2.73. The number of amides is 2. The monoisotopic (exact) mass is 379 g/mol. The van der Waals surface area contributed by atoms with Crippen LogP contribution in [0.4, 0.5) is 0 Å². The Bertz CT molecular complexity index is 842. The number of hydrogen-bond donors (Lipinski definition) is 2. The summed E-state index contributed by atoms with van der Waals surface area (Å²) in [6.45, 7) is 4.30. The van der Waals surface area contributed by atoms with Crippen LogP contribution in [0.2, 0.25) is 0 Å². The van der Waals surface area contributed by atoms with Gasteiger partial charge in [-0.15, -0.1) is 0 Å². The van der Waals surface area contributed by atoms with E-state index >= 15 is 0 Å². The van der Waals surface area contributed by atoms with E-state index in [-0.39, 0.29) is 17.2 Å². The first-order valence-electron chi connectivity index (χ1n) is 10.0. The number of nitrogens with two attached hydrogens (primary N) is 1. The summed E-state index contributed by atoms with van der Waals surface area (Å²) in [5.41, 5.74) is 8.49. The molecule has 28 heavy (non-hydrogen) atoms. The van der Waals surface area contributed by atoms with Crippen molar-refractivity contribution in [1.82, 2.24) is 10.3 Å².